The van der Waals surface area contributed by atoms with Crippen LogP contribution in [0.1, 0.15) is 38.1 Å². The molecule has 4 nitrogen and oxygen atoms in total. The lowest BCUT2D eigenvalue weighted by molar-refractivity contribution is -0.158. The van der Waals surface area contributed by atoms with Crippen LogP contribution >= 0.6 is 22.9 Å². The van der Waals surface area contributed by atoms with Crippen LogP contribution in [-0.4, -0.2) is 47.4 Å². The Morgan fingerprint density at radius 1 is 1.57 bits per heavy atom. The first kappa shape index (κ1) is 17.2. The highest BCUT2D eigenvalue weighted by Gasteiger charge is 2.38. The van der Waals surface area contributed by atoms with Gasteiger partial charge in [-0.05, 0) is 32.4 Å². The molecule has 2 heterocycles. The van der Waals surface area contributed by atoms with E-state index < -0.39 is 0 Å². The van der Waals surface area contributed by atoms with E-state index in [2.05, 4.69) is 31.7 Å². The molecule has 1 aromatic rings. The van der Waals surface area contributed by atoms with Crippen LogP contribution in [0.3, 0.4) is 0 Å². The van der Waals surface area contributed by atoms with E-state index >= 15 is 0 Å². The highest BCUT2D eigenvalue weighted by molar-refractivity contribution is 7.16. The summed E-state index contributed by atoms with van der Waals surface area (Å²) in [6.45, 7) is 7.71. The normalized spacial score (nSPS) is 25.7. The van der Waals surface area contributed by atoms with Gasteiger partial charge in [0, 0.05) is 24.0 Å². The second-order valence-electron chi connectivity index (χ2n) is 6.27. The second-order valence-corrected chi connectivity index (χ2v) is 8.02. The number of hydrogen-bond acceptors (Lipinski definition) is 5. The standard InChI is InChI=1S/C15H25ClN2O2S/c1-4-11(17)14(12-5-6-13(16)21-12)18-7-10(8-19)20-15(2,3)9-18/h5-6,10-11,14,19H,4,7-9,17H2,1-3H3. The number of nitrogens with two attached hydrogens (primary N) is 1. The zero-order chi connectivity index (χ0) is 15.6. The molecule has 1 aliphatic heterocycles. The lowest BCUT2D eigenvalue weighted by atomic mass is 9.97. The van der Waals surface area contributed by atoms with Crippen LogP contribution in [0.4, 0.5) is 0 Å². The van der Waals surface area contributed by atoms with Gasteiger partial charge < -0.3 is 15.6 Å². The minimum absolute atomic E-state index is 0.0270. The van der Waals surface area contributed by atoms with E-state index in [1.807, 2.05) is 6.07 Å². The first-order valence-electron chi connectivity index (χ1n) is 7.40. The van der Waals surface area contributed by atoms with Crippen LogP contribution in [0.15, 0.2) is 12.1 Å². The van der Waals surface area contributed by atoms with E-state index in [0.29, 0.717) is 6.54 Å². The molecule has 3 N–H and O–H groups in total. The molecule has 21 heavy (non-hydrogen) atoms. The van der Waals surface area contributed by atoms with Crippen LogP contribution in [-0.2, 0) is 4.74 Å². The molecular formula is C15H25ClN2O2S. The number of aliphatic hydroxyl groups is 1. The molecule has 120 valence electrons. The number of aliphatic hydroxyl groups excluding tert-OH is 1. The topological polar surface area (TPSA) is 58.7 Å². The number of nitrogens with zero attached hydrogens (tertiary/aromatic N) is 1. The molecule has 0 aromatic carbocycles. The van der Waals surface area contributed by atoms with Gasteiger partial charge in [0.2, 0.25) is 0 Å². The highest BCUT2D eigenvalue weighted by atomic mass is 35.5. The van der Waals surface area contributed by atoms with Crippen molar-refractivity contribution in [3.8, 4) is 0 Å². The number of thiophene rings is 1. The largest absolute Gasteiger partial charge is 0.394 e. The van der Waals surface area contributed by atoms with Gasteiger partial charge in [-0.15, -0.1) is 11.3 Å². The fourth-order valence-corrected chi connectivity index (χ4v) is 4.29. The van der Waals surface area contributed by atoms with E-state index in [0.717, 1.165) is 17.3 Å². The van der Waals surface area contributed by atoms with E-state index in [4.69, 9.17) is 22.1 Å². The summed E-state index contributed by atoms with van der Waals surface area (Å²) >= 11 is 7.68. The maximum absolute atomic E-state index is 9.49. The molecule has 6 heteroatoms. The number of ether oxygens (including phenoxy) is 1. The van der Waals surface area contributed by atoms with Crippen molar-refractivity contribution in [1.29, 1.82) is 0 Å². The van der Waals surface area contributed by atoms with Crippen LogP contribution in [0.2, 0.25) is 4.34 Å². The number of halogens is 1. The SMILES string of the molecule is CCC(N)C(c1ccc(Cl)s1)N1CC(CO)OC(C)(C)C1. The molecule has 0 aliphatic carbocycles. The van der Waals surface area contributed by atoms with Gasteiger partial charge in [-0.3, -0.25) is 4.90 Å². The predicted molar refractivity (Wildman–Crippen MR) is 87.9 cm³/mol. The molecule has 3 unspecified atom stereocenters. The van der Waals surface area contributed by atoms with Gasteiger partial charge in [0.15, 0.2) is 0 Å². The fourth-order valence-electron chi connectivity index (χ4n) is 3.02. The third-order valence-corrected chi connectivity index (χ3v) is 5.17. The average molecular weight is 333 g/mol. The van der Waals surface area contributed by atoms with Crippen LogP contribution in [0, 0.1) is 0 Å². The summed E-state index contributed by atoms with van der Waals surface area (Å²) < 4.78 is 6.68. The number of hydrogen-bond donors (Lipinski definition) is 2. The number of rotatable bonds is 5. The Morgan fingerprint density at radius 3 is 2.81 bits per heavy atom. The molecule has 3 atom stereocenters. The predicted octanol–water partition coefficient (Wildman–Crippen LogP) is 2.65. The van der Waals surface area contributed by atoms with E-state index in [-0.39, 0.29) is 30.4 Å². The smallest absolute Gasteiger partial charge is 0.0940 e. The Balaban J connectivity index is 2.27. The molecule has 0 saturated carbocycles. The van der Waals surface area contributed by atoms with Crippen LogP contribution < -0.4 is 5.73 Å². The molecule has 1 aliphatic rings. The van der Waals surface area contributed by atoms with Crippen molar-refractivity contribution in [2.75, 3.05) is 19.7 Å². The van der Waals surface area contributed by atoms with Gasteiger partial charge in [-0.2, -0.15) is 0 Å². The van der Waals surface area contributed by atoms with Gasteiger partial charge in [-0.25, -0.2) is 0 Å². The minimum atomic E-state index is -0.293. The zero-order valence-corrected chi connectivity index (χ0v) is 14.5. The molecule has 0 radical (unpaired) electrons. The monoisotopic (exact) mass is 332 g/mol. The van der Waals surface area contributed by atoms with Crippen molar-refractivity contribution in [3.63, 3.8) is 0 Å². The van der Waals surface area contributed by atoms with Crippen molar-refractivity contribution < 1.29 is 9.84 Å². The van der Waals surface area contributed by atoms with Crippen molar-refractivity contribution in [1.82, 2.24) is 4.90 Å². The van der Waals surface area contributed by atoms with Crippen molar-refractivity contribution in [2.45, 2.75) is 51.0 Å². The third-order valence-electron chi connectivity index (χ3n) is 3.87. The Kier molecular flexibility index (Phi) is 5.68. The molecule has 2 rings (SSSR count). The summed E-state index contributed by atoms with van der Waals surface area (Å²) in [5.74, 6) is 0. The summed E-state index contributed by atoms with van der Waals surface area (Å²) in [4.78, 5) is 3.52. The summed E-state index contributed by atoms with van der Waals surface area (Å²) in [6, 6.07) is 4.13. The Labute approximate surface area is 135 Å². The van der Waals surface area contributed by atoms with Crippen molar-refractivity contribution in [3.05, 3.63) is 21.3 Å². The summed E-state index contributed by atoms with van der Waals surface area (Å²) in [7, 11) is 0. The first-order chi connectivity index (χ1) is 9.86. The molecule has 0 spiro atoms. The van der Waals surface area contributed by atoms with E-state index in [1.54, 1.807) is 11.3 Å². The molecule has 1 fully saturated rings. The zero-order valence-electron chi connectivity index (χ0n) is 12.9. The molecule has 1 saturated heterocycles. The second kappa shape index (κ2) is 6.94. The molecule has 1 aromatic heterocycles. The Hall–Kier alpha value is -0.170. The van der Waals surface area contributed by atoms with Crippen LogP contribution in [0.25, 0.3) is 0 Å². The summed E-state index contributed by atoms with van der Waals surface area (Å²) in [5.41, 5.74) is 6.09. The quantitative estimate of drug-likeness (QED) is 0.870. The van der Waals surface area contributed by atoms with Gasteiger partial charge in [0.25, 0.3) is 0 Å². The fraction of sp³-hybridized carbons (Fsp3) is 0.733. The lowest BCUT2D eigenvalue weighted by Crippen LogP contribution is -2.57. The third kappa shape index (κ3) is 4.18. The van der Waals surface area contributed by atoms with Crippen LogP contribution in [0.5, 0.6) is 0 Å². The molecule has 0 bridgehead atoms. The minimum Gasteiger partial charge on any atom is -0.394 e. The first-order valence-corrected chi connectivity index (χ1v) is 8.59. The van der Waals surface area contributed by atoms with E-state index in [9.17, 15) is 5.11 Å². The Morgan fingerprint density at radius 2 is 2.29 bits per heavy atom. The molecular weight excluding hydrogens is 308 g/mol. The highest BCUT2D eigenvalue weighted by Crippen LogP contribution is 2.36. The van der Waals surface area contributed by atoms with Gasteiger partial charge in [0.05, 0.1) is 28.7 Å². The van der Waals surface area contributed by atoms with Crippen molar-refractivity contribution in [2.24, 2.45) is 5.73 Å². The Bertz CT molecular complexity index is 466. The van der Waals surface area contributed by atoms with Gasteiger partial charge in [-0.1, -0.05) is 18.5 Å². The summed E-state index contributed by atoms with van der Waals surface area (Å²) in [6.07, 6.45) is 0.720. The average Bonchev–Trinajstić information content (AvgIpc) is 2.83. The van der Waals surface area contributed by atoms with Gasteiger partial charge in [0.1, 0.15) is 0 Å². The van der Waals surface area contributed by atoms with Gasteiger partial charge >= 0.3 is 0 Å². The van der Waals surface area contributed by atoms with E-state index in [1.165, 1.54) is 4.88 Å². The number of morpholine rings is 1. The van der Waals surface area contributed by atoms with Crippen molar-refractivity contribution >= 4 is 22.9 Å². The summed E-state index contributed by atoms with van der Waals surface area (Å²) in [5, 5.41) is 9.49. The maximum Gasteiger partial charge on any atom is 0.0940 e. The lowest BCUT2D eigenvalue weighted by Gasteiger charge is -2.46. The maximum atomic E-state index is 9.49. The molecule has 0 amide bonds.